The summed E-state index contributed by atoms with van der Waals surface area (Å²) in [5.74, 6) is 0. The first-order valence-electron chi connectivity index (χ1n) is 3.23. The molecule has 0 aliphatic carbocycles. The SMILES string of the molecule is C1=Cc2cnccc2NN=N1. The van der Waals surface area contributed by atoms with Gasteiger partial charge in [0.2, 0.25) is 0 Å². The van der Waals surface area contributed by atoms with Crippen molar-refractivity contribution in [2.45, 2.75) is 0 Å². The number of rotatable bonds is 0. The van der Waals surface area contributed by atoms with E-state index in [0.717, 1.165) is 11.3 Å². The maximum absolute atomic E-state index is 3.97. The van der Waals surface area contributed by atoms with Crippen LogP contribution in [0.25, 0.3) is 6.08 Å². The number of pyridine rings is 1. The number of nitrogens with zero attached hydrogens (tertiary/aromatic N) is 3. The molecular weight excluding hydrogens is 140 g/mol. The molecule has 2 rings (SSSR count). The summed E-state index contributed by atoms with van der Waals surface area (Å²) in [5, 5.41) is 7.36. The Balaban J connectivity index is 2.52. The van der Waals surface area contributed by atoms with Crippen molar-refractivity contribution in [3.63, 3.8) is 0 Å². The van der Waals surface area contributed by atoms with Crippen LogP contribution in [0.1, 0.15) is 5.56 Å². The number of aromatic nitrogens is 1. The molecule has 11 heavy (non-hydrogen) atoms. The molecule has 0 aromatic carbocycles. The first kappa shape index (κ1) is 6.03. The van der Waals surface area contributed by atoms with E-state index in [9.17, 15) is 0 Å². The summed E-state index contributed by atoms with van der Waals surface area (Å²) in [4.78, 5) is 3.97. The fourth-order valence-electron chi connectivity index (χ4n) is 0.871. The Hall–Kier alpha value is -1.71. The second-order valence-corrected chi connectivity index (χ2v) is 2.11. The highest BCUT2D eigenvalue weighted by molar-refractivity contribution is 5.65. The molecule has 0 fully saturated rings. The van der Waals surface area contributed by atoms with Gasteiger partial charge in [0.25, 0.3) is 0 Å². The minimum Gasteiger partial charge on any atom is -0.264 e. The first-order valence-corrected chi connectivity index (χ1v) is 3.23. The Morgan fingerprint density at radius 2 is 2.36 bits per heavy atom. The summed E-state index contributed by atoms with van der Waals surface area (Å²) >= 11 is 0. The van der Waals surface area contributed by atoms with E-state index in [1.54, 1.807) is 18.6 Å². The van der Waals surface area contributed by atoms with Gasteiger partial charge in [0.1, 0.15) is 0 Å². The van der Waals surface area contributed by atoms with Crippen molar-refractivity contribution in [1.29, 1.82) is 0 Å². The maximum atomic E-state index is 3.97. The third-order valence-electron chi connectivity index (χ3n) is 1.40. The quantitative estimate of drug-likeness (QED) is 0.607. The fourth-order valence-corrected chi connectivity index (χ4v) is 0.871. The second kappa shape index (κ2) is 2.49. The molecule has 1 aliphatic rings. The number of hydrogen-bond acceptors (Lipinski definition) is 4. The molecule has 1 aliphatic heterocycles. The lowest BCUT2D eigenvalue weighted by Gasteiger charge is -1.99. The Bertz CT molecular complexity index is 316. The third-order valence-corrected chi connectivity index (χ3v) is 1.40. The second-order valence-electron chi connectivity index (χ2n) is 2.11. The van der Waals surface area contributed by atoms with Crippen LogP contribution in [-0.4, -0.2) is 4.98 Å². The molecule has 1 aromatic heterocycles. The van der Waals surface area contributed by atoms with Crippen LogP contribution in [0.3, 0.4) is 0 Å². The van der Waals surface area contributed by atoms with Gasteiger partial charge in [-0.1, -0.05) is 5.22 Å². The summed E-state index contributed by atoms with van der Waals surface area (Å²) in [7, 11) is 0. The zero-order valence-corrected chi connectivity index (χ0v) is 5.73. The van der Waals surface area contributed by atoms with E-state index in [-0.39, 0.29) is 0 Å². The van der Waals surface area contributed by atoms with Gasteiger partial charge in [0.05, 0.1) is 11.9 Å². The summed E-state index contributed by atoms with van der Waals surface area (Å²) in [5.41, 5.74) is 4.71. The highest BCUT2D eigenvalue weighted by atomic mass is 15.4. The van der Waals surface area contributed by atoms with Crippen molar-refractivity contribution in [2.24, 2.45) is 10.3 Å². The summed E-state index contributed by atoms with van der Waals surface area (Å²) < 4.78 is 0. The molecule has 0 bridgehead atoms. The van der Waals surface area contributed by atoms with E-state index >= 15 is 0 Å². The van der Waals surface area contributed by atoms with Gasteiger partial charge in [-0.25, -0.2) is 0 Å². The smallest absolute Gasteiger partial charge is 0.0682 e. The standard InChI is InChI=1S/C7H6N4/c1-4-9-11-10-7-2-3-8-5-6(1)7/h1-5H,(H,9,10). The Labute approximate surface area is 63.7 Å². The van der Waals surface area contributed by atoms with Crippen LogP contribution in [0.15, 0.2) is 35.0 Å². The topological polar surface area (TPSA) is 49.6 Å². The van der Waals surface area contributed by atoms with Crippen LogP contribution in [0, 0.1) is 0 Å². The minimum atomic E-state index is 0.928. The van der Waals surface area contributed by atoms with Crippen molar-refractivity contribution in [2.75, 3.05) is 5.43 Å². The van der Waals surface area contributed by atoms with E-state index < -0.39 is 0 Å². The maximum Gasteiger partial charge on any atom is 0.0682 e. The van der Waals surface area contributed by atoms with Crippen LogP contribution in [0.2, 0.25) is 0 Å². The minimum absolute atomic E-state index is 0.928. The Morgan fingerprint density at radius 1 is 1.36 bits per heavy atom. The van der Waals surface area contributed by atoms with Gasteiger partial charge in [0, 0.05) is 18.0 Å². The summed E-state index contributed by atoms with van der Waals surface area (Å²) in [6.07, 6.45) is 6.95. The molecule has 4 nitrogen and oxygen atoms in total. The van der Waals surface area contributed by atoms with Crippen LogP contribution in [0.4, 0.5) is 5.69 Å². The number of nitrogens with one attached hydrogen (secondary N) is 1. The van der Waals surface area contributed by atoms with E-state index in [2.05, 4.69) is 20.7 Å². The van der Waals surface area contributed by atoms with Crippen LogP contribution in [-0.2, 0) is 0 Å². The van der Waals surface area contributed by atoms with E-state index in [1.165, 1.54) is 0 Å². The molecule has 54 valence electrons. The van der Waals surface area contributed by atoms with Crippen molar-refractivity contribution in [3.05, 3.63) is 30.2 Å². The molecular formula is C7H6N4. The Morgan fingerprint density at radius 3 is 3.36 bits per heavy atom. The molecule has 1 N–H and O–H groups in total. The predicted molar refractivity (Wildman–Crippen MR) is 41.7 cm³/mol. The van der Waals surface area contributed by atoms with Crippen molar-refractivity contribution in [3.8, 4) is 0 Å². The average Bonchev–Trinajstić information content (AvgIpc) is 2.28. The lowest BCUT2D eigenvalue weighted by atomic mass is 10.2. The van der Waals surface area contributed by atoms with Gasteiger partial charge in [-0.05, 0) is 12.1 Å². The highest BCUT2D eigenvalue weighted by Crippen LogP contribution is 2.16. The van der Waals surface area contributed by atoms with Crippen molar-refractivity contribution in [1.82, 2.24) is 4.98 Å². The van der Waals surface area contributed by atoms with Gasteiger partial charge < -0.3 is 0 Å². The Kier molecular flexibility index (Phi) is 1.37. The first-order chi connectivity index (χ1) is 5.47. The third kappa shape index (κ3) is 1.10. The lowest BCUT2D eigenvalue weighted by molar-refractivity contribution is 1.13. The molecule has 0 unspecified atom stereocenters. The van der Waals surface area contributed by atoms with Gasteiger partial charge in [0.15, 0.2) is 0 Å². The normalized spacial score (nSPS) is 13.5. The zero-order chi connectivity index (χ0) is 7.52. The largest absolute Gasteiger partial charge is 0.264 e. The van der Waals surface area contributed by atoms with Crippen molar-refractivity contribution >= 4 is 11.8 Å². The lowest BCUT2D eigenvalue weighted by Crippen LogP contribution is -1.88. The van der Waals surface area contributed by atoms with Gasteiger partial charge in [-0.3, -0.25) is 10.4 Å². The highest BCUT2D eigenvalue weighted by Gasteiger charge is 1.98. The molecule has 0 amide bonds. The van der Waals surface area contributed by atoms with E-state index in [0.29, 0.717) is 0 Å². The van der Waals surface area contributed by atoms with Gasteiger partial charge >= 0.3 is 0 Å². The van der Waals surface area contributed by atoms with Gasteiger partial charge in [-0.2, -0.15) is 0 Å². The fraction of sp³-hybridized carbons (Fsp3) is 0. The number of hydrogen-bond donors (Lipinski definition) is 1. The number of anilines is 1. The number of fused-ring (bicyclic) bond motifs is 1. The molecule has 2 heterocycles. The predicted octanol–water partition coefficient (Wildman–Crippen LogP) is 1.84. The van der Waals surface area contributed by atoms with Crippen LogP contribution >= 0.6 is 0 Å². The average molecular weight is 146 g/mol. The molecule has 0 saturated heterocycles. The summed E-state index contributed by atoms with van der Waals surface area (Å²) in [6.45, 7) is 0. The van der Waals surface area contributed by atoms with E-state index in [1.807, 2.05) is 12.1 Å². The van der Waals surface area contributed by atoms with Crippen LogP contribution < -0.4 is 5.43 Å². The van der Waals surface area contributed by atoms with Crippen molar-refractivity contribution < 1.29 is 0 Å². The monoisotopic (exact) mass is 146 g/mol. The van der Waals surface area contributed by atoms with E-state index in [4.69, 9.17) is 0 Å². The molecule has 0 atom stereocenters. The zero-order valence-electron chi connectivity index (χ0n) is 5.73. The molecule has 0 radical (unpaired) electrons. The van der Waals surface area contributed by atoms with Gasteiger partial charge in [-0.15, -0.1) is 5.11 Å². The molecule has 0 saturated carbocycles. The summed E-state index contributed by atoms with van der Waals surface area (Å²) in [6, 6.07) is 1.85. The molecule has 4 heteroatoms. The molecule has 0 spiro atoms. The van der Waals surface area contributed by atoms with Crippen LogP contribution in [0.5, 0.6) is 0 Å². The molecule has 1 aromatic rings.